The van der Waals surface area contributed by atoms with Gasteiger partial charge in [-0.05, 0) is 12.8 Å². The Balaban J connectivity index is 3.05. The van der Waals surface area contributed by atoms with Crippen molar-refractivity contribution in [2.75, 3.05) is 7.11 Å². The van der Waals surface area contributed by atoms with Crippen molar-refractivity contribution < 1.29 is 4.74 Å². The first-order valence-electron chi connectivity index (χ1n) is 5.67. The van der Waals surface area contributed by atoms with E-state index in [-0.39, 0.29) is 0 Å². The maximum Gasteiger partial charge on any atom is 0.0571 e. The molecule has 0 saturated heterocycles. The second-order valence-corrected chi connectivity index (χ2v) is 3.70. The Morgan fingerprint density at radius 1 is 1.08 bits per heavy atom. The van der Waals surface area contributed by atoms with Gasteiger partial charge >= 0.3 is 0 Å². The van der Waals surface area contributed by atoms with Crippen LogP contribution in [0.25, 0.3) is 0 Å². The van der Waals surface area contributed by atoms with Crippen molar-refractivity contribution in [3.63, 3.8) is 0 Å². The molecule has 1 radical (unpaired) electrons. The van der Waals surface area contributed by atoms with Crippen molar-refractivity contribution in [2.24, 2.45) is 0 Å². The summed E-state index contributed by atoms with van der Waals surface area (Å²) in [5, 5.41) is 0. The first kappa shape index (κ1) is 13.0. The van der Waals surface area contributed by atoms with Gasteiger partial charge in [0.25, 0.3) is 0 Å². The van der Waals surface area contributed by atoms with E-state index in [9.17, 15) is 0 Å². The Kier molecular flexibility index (Phi) is 10.0. The number of unbranched alkanes of at least 4 members (excludes halogenated alkanes) is 5. The molecule has 0 saturated carbocycles. The Labute approximate surface area is 83.9 Å². The van der Waals surface area contributed by atoms with Crippen LogP contribution in [0.1, 0.15) is 58.3 Å². The van der Waals surface area contributed by atoms with Gasteiger partial charge in [0.1, 0.15) is 0 Å². The minimum atomic E-state index is 0.395. The fraction of sp³-hybridized carbons (Fsp3) is 0.917. The molecule has 0 N–H and O–H groups in total. The molecule has 0 amide bonds. The van der Waals surface area contributed by atoms with Crippen molar-refractivity contribution in [1.82, 2.24) is 0 Å². The fourth-order valence-corrected chi connectivity index (χ4v) is 1.53. The highest BCUT2D eigenvalue weighted by Gasteiger charge is 2.02. The van der Waals surface area contributed by atoms with Crippen LogP contribution in [0, 0.1) is 6.92 Å². The van der Waals surface area contributed by atoms with Gasteiger partial charge in [0.05, 0.1) is 6.10 Å². The topological polar surface area (TPSA) is 9.23 Å². The third-order valence-corrected chi connectivity index (χ3v) is 2.53. The van der Waals surface area contributed by atoms with Crippen molar-refractivity contribution in [2.45, 2.75) is 64.4 Å². The van der Waals surface area contributed by atoms with Crippen LogP contribution >= 0.6 is 0 Å². The van der Waals surface area contributed by atoms with E-state index in [1.165, 1.54) is 44.9 Å². The minimum absolute atomic E-state index is 0.395. The highest BCUT2D eigenvalue weighted by atomic mass is 16.5. The van der Waals surface area contributed by atoms with E-state index in [0.717, 1.165) is 6.42 Å². The van der Waals surface area contributed by atoms with Crippen LogP contribution in [-0.4, -0.2) is 13.2 Å². The molecule has 0 aliphatic rings. The van der Waals surface area contributed by atoms with Crippen LogP contribution in [-0.2, 0) is 4.74 Å². The SMILES string of the molecule is [CH2]CC(CCCCCCCC)OC. The zero-order valence-electron chi connectivity index (χ0n) is 9.35. The molecular weight excluding hydrogens is 160 g/mol. The number of methoxy groups -OCH3 is 1. The van der Waals surface area contributed by atoms with E-state index in [0.29, 0.717) is 6.10 Å². The van der Waals surface area contributed by atoms with E-state index < -0.39 is 0 Å². The summed E-state index contributed by atoms with van der Waals surface area (Å²) in [6.45, 7) is 6.11. The molecule has 0 aliphatic heterocycles. The quantitative estimate of drug-likeness (QED) is 0.494. The molecule has 1 nitrogen and oxygen atoms in total. The van der Waals surface area contributed by atoms with Crippen molar-refractivity contribution in [3.8, 4) is 0 Å². The number of ether oxygens (including phenoxy) is 1. The normalized spacial score (nSPS) is 13.2. The standard InChI is InChI=1S/C12H25O/c1-4-6-7-8-9-10-11-12(5-2)13-3/h12H,2,4-11H2,1,3H3. The van der Waals surface area contributed by atoms with Crippen LogP contribution in [0.3, 0.4) is 0 Å². The maximum atomic E-state index is 5.26. The zero-order valence-corrected chi connectivity index (χ0v) is 9.35. The van der Waals surface area contributed by atoms with E-state index in [1.807, 2.05) is 0 Å². The molecule has 1 atom stereocenters. The predicted molar refractivity (Wildman–Crippen MR) is 58.8 cm³/mol. The third kappa shape index (κ3) is 8.29. The van der Waals surface area contributed by atoms with Crippen LogP contribution in [0.15, 0.2) is 0 Å². The summed E-state index contributed by atoms with van der Waals surface area (Å²) in [4.78, 5) is 0. The lowest BCUT2D eigenvalue weighted by Crippen LogP contribution is -2.08. The van der Waals surface area contributed by atoms with Gasteiger partial charge < -0.3 is 4.74 Å². The fourth-order valence-electron chi connectivity index (χ4n) is 1.53. The van der Waals surface area contributed by atoms with Gasteiger partial charge in [-0.25, -0.2) is 0 Å². The van der Waals surface area contributed by atoms with Gasteiger partial charge in [-0.1, -0.05) is 52.4 Å². The summed E-state index contributed by atoms with van der Waals surface area (Å²) in [7, 11) is 1.78. The second-order valence-electron chi connectivity index (χ2n) is 3.70. The lowest BCUT2D eigenvalue weighted by molar-refractivity contribution is 0.0947. The van der Waals surface area contributed by atoms with E-state index in [2.05, 4.69) is 13.8 Å². The van der Waals surface area contributed by atoms with Gasteiger partial charge in [-0.3, -0.25) is 0 Å². The van der Waals surface area contributed by atoms with Crippen molar-refractivity contribution in [1.29, 1.82) is 0 Å². The van der Waals surface area contributed by atoms with Gasteiger partial charge in [-0.15, -0.1) is 0 Å². The van der Waals surface area contributed by atoms with Gasteiger partial charge in [0.2, 0.25) is 0 Å². The molecule has 0 rings (SSSR count). The Hall–Kier alpha value is -0.0400. The lowest BCUT2D eigenvalue weighted by Gasteiger charge is -2.11. The predicted octanol–water partition coefficient (Wildman–Crippen LogP) is 3.98. The third-order valence-electron chi connectivity index (χ3n) is 2.53. The van der Waals surface area contributed by atoms with E-state index in [1.54, 1.807) is 7.11 Å². The second kappa shape index (κ2) is 10.0. The lowest BCUT2D eigenvalue weighted by atomic mass is 10.1. The van der Waals surface area contributed by atoms with Crippen LogP contribution in [0.2, 0.25) is 0 Å². The highest BCUT2D eigenvalue weighted by molar-refractivity contribution is 4.59. The summed E-state index contributed by atoms with van der Waals surface area (Å²) in [6.07, 6.45) is 10.7. The highest BCUT2D eigenvalue weighted by Crippen LogP contribution is 2.11. The monoisotopic (exact) mass is 185 g/mol. The van der Waals surface area contributed by atoms with Gasteiger partial charge in [0.15, 0.2) is 0 Å². The van der Waals surface area contributed by atoms with Gasteiger partial charge in [0, 0.05) is 7.11 Å². The smallest absolute Gasteiger partial charge is 0.0571 e. The van der Waals surface area contributed by atoms with Crippen LogP contribution in [0.5, 0.6) is 0 Å². The molecular formula is C12H25O. The Morgan fingerprint density at radius 2 is 1.69 bits per heavy atom. The molecule has 1 heteroatoms. The molecule has 0 aliphatic carbocycles. The van der Waals surface area contributed by atoms with Crippen LogP contribution in [0.4, 0.5) is 0 Å². The van der Waals surface area contributed by atoms with Crippen molar-refractivity contribution >= 4 is 0 Å². The van der Waals surface area contributed by atoms with E-state index in [4.69, 9.17) is 4.74 Å². The number of hydrogen-bond acceptors (Lipinski definition) is 1. The largest absolute Gasteiger partial charge is 0.381 e. The van der Waals surface area contributed by atoms with Crippen LogP contribution < -0.4 is 0 Å². The molecule has 13 heavy (non-hydrogen) atoms. The molecule has 1 unspecified atom stereocenters. The molecule has 0 aromatic rings. The zero-order chi connectivity index (χ0) is 9.94. The average Bonchev–Trinajstić information content (AvgIpc) is 2.17. The van der Waals surface area contributed by atoms with Crippen molar-refractivity contribution in [3.05, 3.63) is 6.92 Å². The first-order chi connectivity index (χ1) is 6.35. The average molecular weight is 185 g/mol. The summed E-state index contributed by atoms with van der Waals surface area (Å²) in [6, 6.07) is 0. The molecule has 0 aromatic heterocycles. The van der Waals surface area contributed by atoms with Gasteiger partial charge in [-0.2, -0.15) is 0 Å². The number of rotatable bonds is 9. The summed E-state index contributed by atoms with van der Waals surface area (Å²) in [5.41, 5.74) is 0. The maximum absolute atomic E-state index is 5.26. The first-order valence-corrected chi connectivity index (χ1v) is 5.67. The molecule has 0 heterocycles. The summed E-state index contributed by atoms with van der Waals surface area (Å²) < 4.78 is 5.26. The number of hydrogen-bond donors (Lipinski definition) is 0. The molecule has 0 spiro atoms. The molecule has 0 aromatic carbocycles. The van der Waals surface area contributed by atoms with E-state index >= 15 is 0 Å². The summed E-state index contributed by atoms with van der Waals surface area (Å²) in [5.74, 6) is 0. The minimum Gasteiger partial charge on any atom is -0.381 e. The molecule has 0 fully saturated rings. The molecule has 0 bridgehead atoms. The Morgan fingerprint density at radius 3 is 2.23 bits per heavy atom. The Bertz CT molecular complexity index is 87.1. The molecule has 79 valence electrons. The summed E-state index contributed by atoms with van der Waals surface area (Å²) >= 11 is 0.